The van der Waals surface area contributed by atoms with Gasteiger partial charge < -0.3 is 20.9 Å². The van der Waals surface area contributed by atoms with Crippen LogP contribution in [0.2, 0.25) is 0 Å². The number of anilines is 1. The molecule has 0 radical (unpaired) electrons. The van der Waals surface area contributed by atoms with Gasteiger partial charge in [-0.25, -0.2) is 0 Å². The number of amides is 3. The summed E-state index contributed by atoms with van der Waals surface area (Å²) in [6.07, 6.45) is 2.24. The summed E-state index contributed by atoms with van der Waals surface area (Å²) >= 11 is 0. The number of nitrogens with one attached hydrogen (secondary N) is 4. The number of para-hydroxylation sites is 1. The number of H-pyrrole nitrogens is 1. The summed E-state index contributed by atoms with van der Waals surface area (Å²) in [5, 5.41) is 9.48. The molecule has 7 heteroatoms. The molecule has 156 valence electrons. The van der Waals surface area contributed by atoms with E-state index in [0.29, 0.717) is 12.1 Å². The third kappa shape index (κ3) is 5.26. The summed E-state index contributed by atoms with van der Waals surface area (Å²) in [7, 11) is 0. The van der Waals surface area contributed by atoms with E-state index in [2.05, 4.69) is 20.9 Å². The van der Waals surface area contributed by atoms with Crippen molar-refractivity contribution < 1.29 is 14.4 Å². The van der Waals surface area contributed by atoms with Crippen LogP contribution in [0.25, 0.3) is 10.9 Å². The van der Waals surface area contributed by atoms with E-state index in [9.17, 15) is 14.4 Å². The number of carbonyl (C=O) groups excluding carboxylic acids is 3. The van der Waals surface area contributed by atoms with Crippen molar-refractivity contribution in [3.8, 4) is 0 Å². The summed E-state index contributed by atoms with van der Waals surface area (Å²) in [5.41, 5.74) is 3.46. The third-order valence-electron chi connectivity index (χ3n) is 4.86. The first kappa shape index (κ1) is 21.1. The van der Waals surface area contributed by atoms with Crippen molar-refractivity contribution in [3.63, 3.8) is 0 Å². The van der Waals surface area contributed by atoms with Crippen molar-refractivity contribution in [2.45, 2.75) is 39.3 Å². The molecule has 0 spiro atoms. The average Bonchev–Trinajstić information content (AvgIpc) is 3.10. The van der Waals surface area contributed by atoms with Gasteiger partial charge in [0.15, 0.2) is 0 Å². The fourth-order valence-corrected chi connectivity index (χ4v) is 3.46. The fraction of sp³-hybridized carbons (Fsp3) is 0.261. The molecule has 3 aromatic rings. The van der Waals surface area contributed by atoms with Crippen molar-refractivity contribution in [2.75, 3.05) is 5.32 Å². The molecule has 2 atom stereocenters. The Morgan fingerprint density at radius 2 is 1.73 bits per heavy atom. The maximum Gasteiger partial charge on any atom is 0.243 e. The highest BCUT2D eigenvalue weighted by atomic mass is 16.2. The van der Waals surface area contributed by atoms with Gasteiger partial charge in [-0.15, -0.1) is 0 Å². The Hall–Kier alpha value is -3.61. The minimum atomic E-state index is -0.706. The Bertz CT molecular complexity index is 1070. The molecule has 0 aliphatic rings. The maximum absolute atomic E-state index is 13.0. The molecule has 0 saturated carbocycles. The second kappa shape index (κ2) is 9.26. The van der Waals surface area contributed by atoms with Gasteiger partial charge in [-0.3, -0.25) is 14.4 Å². The van der Waals surface area contributed by atoms with Crippen molar-refractivity contribution in [1.29, 1.82) is 0 Å². The zero-order chi connectivity index (χ0) is 21.7. The smallest absolute Gasteiger partial charge is 0.243 e. The van der Waals surface area contributed by atoms with Gasteiger partial charge in [0, 0.05) is 43.1 Å². The van der Waals surface area contributed by atoms with Crippen LogP contribution >= 0.6 is 0 Å². The number of carbonyl (C=O) groups is 3. The van der Waals surface area contributed by atoms with Crippen molar-refractivity contribution in [1.82, 2.24) is 15.6 Å². The monoisotopic (exact) mass is 406 g/mol. The van der Waals surface area contributed by atoms with Crippen LogP contribution < -0.4 is 16.0 Å². The number of hydrogen-bond acceptors (Lipinski definition) is 3. The largest absolute Gasteiger partial charge is 0.361 e. The van der Waals surface area contributed by atoms with Gasteiger partial charge in [-0.2, -0.15) is 0 Å². The zero-order valence-electron chi connectivity index (χ0n) is 17.3. The Kier molecular flexibility index (Phi) is 6.51. The quantitative estimate of drug-likeness (QED) is 0.485. The topological polar surface area (TPSA) is 103 Å². The van der Waals surface area contributed by atoms with E-state index in [1.54, 1.807) is 6.07 Å². The molecule has 1 heterocycles. The summed E-state index contributed by atoms with van der Waals surface area (Å²) in [4.78, 5) is 39.2. The molecule has 3 amide bonds. The van der Waals surface area contributed by atoms with E-state index in [1.165, 1.54) is 13.8 Å². The van der Waals surface area contributed by atoms with E-state index in [1.807, 2.05) is 55.6 Å². The molecule has 4 N–H and O–H groups in total. The highest BCUT2D eigenvalue weighted by molar-refractivity contribution is 5.90. The number of hydrogen-bond donors (Lipinski definition) is 4. The lowest BCUT2D eigenvalue weighted by atomic mass is 10.0. The molecular formula is C23H26N4O3. The minimum Gasteiger partial charge on any atom is -0.361 e. The van der Waals surface area contributed by atoms with E-state index in [-0.39, 0.29) is 23.8 Å². The van der Waals surface area contributed by atoms with Crippen LogP contribution in [0, 0.1) is 0 Å². The number of aromatic amines is 1. The zero-order valence-corrected chi connectivity index (χ0v) is 17.3. The van der Waals surface area contributed by atoms with E-state index >= 15 is 0 Å². The Morgan fingerprint density at radius 1 is 0.967 bits per heavy atom. The Morgan fingerprint density at radius 3 is 2.47 bits per heavy atom. The van der Waals surface area contributed by atoms with Gasteiger partial charge in [0.05, 0.1) is 6.04 Å². The molecule has 3 rings (SSSR count). The molecule has 7 nitrogen and oxygen atoms in total. The van der Waals surface area contributed by atoms with Crippen LogP contribution in [-0.4, -0.2) is 28.7 Å². The molecule has 30 heavy (non-hydrogen) atoms. The van der Waals surface area contributed by atoms with Gasteiger partial charge >= 0.3 is 0 Å². The van der Waals surface area contributed by atoms with Crippen LogP contribution in [0.1, 0.15) is 37.9 Å². The van der Waals surface area contributed by atoms with Crippen LogP contribution in [0.15, 0.2) is 54.7 Å². The van der Waals surface area contributed by atoms with E-state index in [4.69, 9.17) is 0 Å². The minimum absolute atomic E-state index is 0.159. The van der Waals surface area contributed by atoms with Gasteiger partial charge in [-0.1, -0.05) is 30.3 Å². The van der Waals surface area contributed by atoms with E-state index in [0.717, 1.165) is 22.0 Å². The molecule has 0 bridgehead atoms. The van der Waals surface area contributed by atoms with Crippen LogP contribution in [0.5, 0.6) is 0 Å². The second-order valence-corrected chi connectivity index (χ2v) is 7.35. The average molecular weight is 406 g/mol. The Balaban J connectivity index is 1.75. The van der Waals surface area contributed by atoms with Gasteiger partial charge in [0.2, 0.25) is 17.7 Å². The predicted octanol–water partition coefficient (Wildman–Crippen LogP) is 3.05. The number of fused-ring (bicyclic) bond motifs is 1. The summed E-state index contributed by atoms with van der Waals surface area (Å²) in [5.74, 6) is -0.698. The van der Waals surface area contributed by atoms with Crippen molar-refractivity contribution >= 4 is 34.3 Å². The van der Waals surface area contributed by atoms with Crippen LogP contribution in [0.4, 0.5) is 5.69 Å². The number of benzene rings is 2. The molecule has 0 saturated heterocycles. The highest BCUT2D eigenvalue weighted by Gasteiger charge is 2.23. The lowest BCUT2D eigenvalue weighted by Gasteiger charge is -2.21. The third-order valence-corrected chi connectivity index (χ3v) is 4.86. The maximum atomic E-state index is 13.0. The lowest BCUT2D eigenvalue weighted by molar-refractivity contribution is -0.128. The van der Waals surface area contributed by atoms with Crippen molar-refractivity contribution in [3.05, 3.63) is 65.9 Å². The lowest BCUT2D eigenvalue weighted by Crippen LogP contribution is -2.47. The SMILES string of the molecule is CC(=O)Nc1cccc(C(C)NC(=O)C(Cc2c[nH]c3ccccc23)NC(C)=O)c1. The fourth-order valence-electron chi connectivity index (χ4n) is 3.46. The number of rotatable bonds is 7. The second-order valence-electron chi connectivity index (χ2n) is 7.35. The standard InChI is InChI=1S/C23H26N4O3/c1-14(17-7-6-8-19(11-17)26-15(2)28)25-23(30)22(27-16(3)29)12-18-13-24-21-10-5-4-9-20(18)21/h4-11,13-14,22,24H,12H2,1-3H3,(H,25,30)(H,26,28)(H,27,29). The molecule has 2 unspecified atom stereocenters. The van der Waals surface area contributed by atoms with Gasteiger partial charge in [-0.05, 0) is 36.2 Å². The molecule has 1 aromatic heterocycles. The highest BCUT2D eigenvalue weighted by Crippen LogP contribution is 2.20. The van der Waals surface area contributed by atoms with Crippen LogP contribution in [-0.2, 0) is 20.8 Å². The summed E-state index contributed by atoms with van der Waals surface area (Å²) in [6, 6.07) is 14.1. The van der Waals surface area contributed by atoms with Crippen molar-refractivity contribution in [2.24, 2.45) is 0 Å². The first-order chi connectivity index (χ1) is 14.3. The first-order valence-electron chi connectivity index (χ1n) is 9.83. The molecule has 0 fully saturated rings. The summed E-state index contributed by atoms with van der Waals surface area (Å²) in [6.45, 7) is 4.71. The molecule has 2 aromatic carbocycles. The van der Waals surface area contributed by atoms with E-state index < -0.39 is 6.04 Å². The normalized spacial score (nSPS) is 12.8. The molecule has 0 aliphatic carbocycles. The first-order valence-corrected chi connectivity index (χ1v) is 9.83. The molecular weight excluding hydrogens is 380 g/mol. The predicted molar refractivity (Wildman–Crippen MR) is 117 cm³/mol. The summed E-state index contributed by atoms with van der Waals surface area (Å²) < 4.78 is 0. The van der Waals surface area contributed by atoms with Crippen LogP contribution in [0.3, 0.4) is 0 Å². The van der Waals surface area contributed by atoms with Gasteiger partial charge in [0.25, 0.3) is 0 Å². The molecule has 0 aliphatic heterocycles. The van der Waals surface area contributed by atoms with Gasteiger partial charge in [0.1, 0.15) is 6.04 Å². The Labute approximate surface area is 175 Å². The number of aromatic nitrogens is 1.